The second-order valence-electron chi connectivity index (χ2n) is 5.59. The second-order valence-corrected chi connectivity index (χ2v) is 5.59. The molecule has 0 aromatic heterocycles. The average molecular weight is 255 g/mol. The molecule has 4 nitrogen and oxygen atoms in total. The van der Waals surface area contributed by atoms with Gasteiger partial charge in [-0.15, -0.1) is 0 Å². The van der Waals surface area contributed by atoms with Crippen molar-refractivity contribution in [2.24, 2.45) is 23.5 Å². The third kappa shape index (κ3) is 7.20. The molecule has 0 fully saturated rings. The molecule has 0 aliphatic heterocycles. The summed E-state index contributed by atoms with van der Waals surface area (Å²) in [6.07, 6.45) is 1.18. The number of primary amides is 1. The Morgan fingerprint density at radius 2 is 1.56 bits per heavy atom. The van der Waals surface area contributed by atoms with Gasteiger partial charge in [0.2, 0.25) is 5.91 Å². The van der Waals surface area contributed by atoms with Crippen molar-refractivity contribution in [2.45, 2.75) is 53.4 Å². The van der Waals surface area contributed by atoms with E-state index in [-0.39, 0.29) is 42.7 Å². The SMILES string of the molecule is CC(C)CC(CC(=O)CCC(N)=O)C(=O)C(C)C. The molecule has 4 heteroatoms. The molecule has 0 aromatic carbocycles. The molecular weight excluding hydrogens is 230 g/mol. The number of Topliss-reactive ketones (excluding diaryl/α,β-unsaturated/α-hetero) is 2. The van der Waals surface area contributed by atoms with Gasteiger partial charge in [0, 0.05) is 31.1 Å². The van der Waals surface area contributed by atoms with E-state index in [0.29, 0.717) is 5.92 Å². The first kappa shape index (κ1) is 16.8. The highest BCUT2D eigenvalue weighted by atomic mass is 16.1. The van der Waals surface area contributed by atoms with Crippen molar-refractivity contribution in [3.05, 3.63) is 0 Å². The van der Waals surface area contributed by atoms with Gasteiger partial charge in [0.15, 0.2) is 0 Å². The maximum absolute atomic E-state index is 12.0. The van der Waals surface area contributed by atoms with Gasteiger partial charge in [-0.25, -0.2) is 0 Å². The maximum atomic E-state index is 12.0. The molecule has 0 aromatic rings. The first-order chi connectivity index (χ1) is 8.23. The van der Waals surface area contributed by atoms with Gasteiger partial charge >= 0.3 is 0 Å². The van der Waals surface area contributed by atoms with Gasteiger partial charge in [0.25, 0.3) is 0 Å². The van der Waals surface area contributed by atoms with Crippen molar-refractivity contribution in [2.75, 3.05) is 0 Å². The van der Waals surface area contributed by atoms with Crippen LogP contribution in [0.5, 0.6) is 0 Å². The fourth-order valence-electron chi connectivity index (χ4n) is 1.98. The Bertz CT molecular complexity index is 308. The first-order valence-electron chi connectivity index (χ1n) is 6.57. The molecule has 0 saturated carbocycles. The van der Waals surface area contributed by atoms with E-state index in [1.54, 1.807) is 0 Å². The van der Waals surface area contributed by atoms with Crippen molar-refractivity contribution >= 4 is 17.5 Å². The highest BCUT2D eigenvalue weighted by Gasteiger charge is 2.24. The smallest absolute Gasteiger partial charge is 0.217 e. The van der Waals surface area contributed by atoms with Crippen molar-refractivity contribution in [1.82, 2.24) is 0 Å². The predicted octanol–water partition coefficient (Wildman–Crippen LogP) is 2.10. The molecule has 18 heavy (non-hydrogen) atoms. The van der Waals surface area contributed by atoms with Crippen LogP contribution in [0.1, 0.15) is 53.4 Å². The van der Waals surface area contributed by atoms with Crippen LogP contribution in [0.3, 0.4) is 0 Å². The van der Waals surface area contributed by atoms with Gasteiger partial charge in [-0.3, -0.25) is 14.4 Å². The Kier molecular flexibility index (Phi) is 7.48. The number of nitrogens with two attached hydrogens (primary N) is 1. The Hall–Kier alpha value is -1.19. The van der Waals surface area contributed by atoms with E-state index in [1.165, 1.54) is 0 Å². The molecule has 0 heterocycles. The third-order valence-electron chi connectivity index (χ3n) is 2.85. The minimum atomic E-state index is -0.473. The van der Waals surface area contributed by atoms with Gasteiger partial charge in [-0.1, -0.05) is 27.7 Å². The van der Waals surface area contributed by atoms with E-state index in [1.807, 2.05) is 27.7 Å². The van der Waals surface area contributed by atoms with E-state index in [9.17, 15) is 14.4 Å². The lowest BCUT2D eigenvalue weighted by molar-refractivity contribution is -0.131. The molecule has 1 unspecified atom stereocenters. The van der Waals surface area contributed by atoms with Crippen LogP contribution in [-0.4, -0.2) is 17.5 Å². The summed E-state index contributed by atoms with van der Waals surface area (Å²) >= 11 is 0. The lowest BCUT2D eigenvalue weighted by Gasteiger charge is -2.19. The highest BCUT2D eigenvalue weighted by molar-refractivity contribution is 5.90. The van der Waals surface area contributed by atoms with Crippen LogP contribution >= 0.6 is 0 Å². The molecule has 104 valence electrons. The maximum Gasteiger partial charge on any atom is 0.217 e. The van der Waals surface area contributed by atoms with Gasteiger partial charge in [-0.2, -0.15) is 0 Å². The average Bonchev–Trinajstić information content (AvgIpc) is 2.23. The summed E-state index contributed by atoms with van der Waals surface area (Å²) in [5.74, 6) is -0.284. The summed E-state index contributed by atoms with van der Waals surface area (Å²) in [4.78, 5) is 34.3. The minimum absolute atomic E-state index is 0.0477. The van der Waals surface area contributed by atoms with Crippen LogP contribution in [0.15, 0.2) is 0 Å². The summed E-state index contributed by atoms with van der Waals surface area (Å²) < 4.78 is 0. The largest absolute Gasteiger partial charge is 0.370 e. The topological polar surface area (TPSA) is 77.2 Å². The zero-order valence-electron chi connectivity index (χ0n) is 11.9. The quantitative estimate of drug-likeness (QED) is 0.685. The van der Waals surface area contributed by atoms with Gasteiger partial charge in [-0.05, 0) is 12.3 Å². The van der Waals surface area contributed by atoms with Crippen molar-refractivity contribution < 1.29 is 14.4 Å². The van der Waals surface area contributed by atoms with Crippen LogP contribution in [0, 0.1) is 17.8 Å². The Balaban J connectivity index is 4.44. The Morgan fingerprint density at radius 3 is 1.94 bits per heavy atom. The van der Waals surface area contributed by atoms with Crippen LogP contribution in [-0.2, 0) is 14.4 Å². The summed E-state index contributed by atoms with van der Waals surface area (Å²) in [5.41, 5.74) is 5.00. The number of amides is 1. The third-order valence-corrected chi connectivity index (χ3v) is 2.85. The normalized spacial score (nSPS) is 12.8. The molecule has 0 aliphatic rings. The zero-order chi connectivity index (χ0) is 14.3. The second kappa shape index (κ2) is 8.01. The zero-order valence-corrected chi connectivity index (χ0v) is 11.9. The molecular formula is C14H25NO3. The number of hydrogen-bond acceptors (Lipinski definition) is 3. The molecule has 1 atom stereocenters. The van der Waals surface area contributed by atoms with E-state index in [4.69, 9.17) is 5.73 Å². The Labute approximate surface area is 109 Å². The number of carbonyl (C=O) groups is 3. The summed E-state index contributed by atoms with van der Waals surface area (Å²) in [6.45, 7) is 7.77. The van der Waals surface area contributed by atoms with Crippen molar-refractivity contribution in [3.8, 4) is 0 Å². The molecule has 0 rings (SSSR count). The van der Waals surface area contributed by atoms with Crippen molar-refractivity contribution in [3.63, 3.8) is 0 Å². The first-order valence-corrected chi connectivity index (χ1v) is 6.57. The van der Waals surface area contributed by atoms with Gasteiger partial charge < -0.3 is 5.73 Å². The molecule has 0 radical (unpaired) electrons. The molecule has 2 N–H and O–H groups in total. The number of carbonyl (C=O) groups excluding carboxylic acids is 3. The number of ketones is 2. The number of hydrogen-bond donors (Lipinski definition) is 1. The van der Waals surface area contributed by atoms with E-state index < -0.39 is 5.91 Å². The lowest BCUT2D eigenvalue weighted by Crippen LogP contribution is -2.25. The predicted molar refractivity (Wildman–Crippen MR) is 70.8 cm³/mol. The minimum Gasteiger partial charge on any atom is -0.370 e. The fraction of sp³-hybridized carbons (Fsp3) is 0.786. The fourth-order valence-corrected chi connectivity index (χ4v) is 1.98. The molecule has 1 amide bonds. The van der Waals surface area contributed by atoms with E-state index >= 15 is 0 Å². The van der Waals surface area contributed by atoms with Crippen LogP contribution in [0.2, 0.25) is 0 Å². The number of rotatable bonds is 9. The summed E-state index contributed by atoms with van der Waals surface area (Å²) in [5, 5.41) is 0. The van der Waals surface area contributed by atoms with Crippen molar-refractivity contribution in [1.29, 1.82) is 0 Å². The van der Waals surface area contributed by atoms with Crippen LogP contribution in [0.25, 0.3) is 0 Å². The van der Waals surface area contributed by atoms with E-state index in [0.717, 1.165) is 6.42 Å². The molecule has 0 saturated heterocycles. The summed E-state index contributed by atoms with van der Waals surface area (Å²) in [6, 6.07) is 0. The van der Waals surface area contributed by atoms with Gasteiger partial charge in [0.1, 0.15) is 11.6 Å². The Morgan fingerprint density at radius 1 is 1.00 bits per heavy atom. The van der Waals surface area contributed by atoms with Crippen LogP contribution in [0.4, 0.5) is 0 Å². The summed E-state index contributed by atoms with van der Waals surface area (Å²) in [7, 11) is 0. The lowest BCUT2D eigenvalue weighted by atomic mass is 9.84. The standard InChI is InChI=1S/C14H25NO3/c1-9(2)7-11(14(18)10(3)4)8-12(16)5-6-13(15)17/h9-11H,5-8H2,1-4H3,(H2,15,17). The molecule has 0 aliphatic carbocycles. The van der Waals surface area contributed by atoms with Gasteiger partial charge in [0.05, 0.1) is 0 Å². The molecule has 0 spiro atoms. The highest BCUT2D eigenvalue weighted by Crippen LogP contribution is 2.21. The van der Waals surface area contributed by atoms with Crippen LogP contribution < -0.4 is 5.73 Å². The monoisotopic (exact) mass is 255 g/mol. The van der Waals surface area contributed by atoms with E-state index in [2.05, 4.69) is 0 Å². The molecule has 0 bridgehead atoms.